The average Bonchev–Trinajstić information content (AvgIpc) is 3.48. The second kappa shape index (κ2) is 8.24. The van der Waals surface area contributed by atoms with Crippen molar-refractivity contribution in [3.05, 3.63) is 95.5 Å². The van der Waals surface area contributed by atoms with Crippen LogP contribution in [0.3, 0.4) is 0 Å². The van der Waals surface area contributed by atoms with E-state index in [1.807, 2.05) is 54.8 Å². The Hall–Kier alpha value is -3.87. The van der Waals surface area contributed by atoms with E-state index in [1.165, 1.54) is 6.07 Å². The van der Waals surface area contributed by atoms with Crippen LogP contribution in [0.15, 0.2) is 71.4 Å². The third-order valence-corrected chi connectivity index (χ3v) is 4.82. The Balaban J connectivity index is 1.41. The zero-order valence-corrected chi connectivity index (χ0v) is 16.7. The molecule has 152 valence electrons. The van der Waals surface area contributed by atoms with Crippen LogP contribution in [-0.4, -0.2) is 32.7 Å². The fourth-order valence-electron chi connectivity index (χ4n) is 3.43. The Morgan fingerprint density at radius 2 is 1.87 bits per heavy atom. The molecule has 0 aliphatic carbocycles. The molecule has 4 aromatic rings. The van der Waals surface area contributed by atoms with Gasteiger partial charge >= 0.3 is 5.97 Å². The number of carbonyl (C=O) groups excluding carboxylic acids is 2. The molecule has 0 spiro atoms. The number of carbonyl (C=O) groups is 2. The Labute approximate surface area is 173 Å². The first-order valence-corrected chi connectivity index (χ1v) is 9.54. The second-order valence-corrected chi connectivity index (χ2v) is 6.92. The first kappa shape index (κ1) is 19.4. The quantitative estimate of drug-likeness (QED) is 0.345. The lowest BCUT2D eigenvalue weighted by atomic mass is 10.1. The van der Waals surface area contributed by atoms with Gasteiger partial charge in [0.05, 0.1) is 6.54 Å². The zero-order valence-electron chi connectivity index (χ0n) is 16.7. The summed E-state index contributed by atoms with van der Waals surface area (Å²) in [4.78, 5) is 25.0. The molecule has 7 nitrogen and oxygen atoms in total. The van der Waals surface area contributed by atoms with Crippen LogP contribution in [0.5, 0.6) is 0 Å². The molecule has 3 heterocycles. The molecule has 0 saturated heterocycles. The molecular weight excluding hydrogens is 382 g/mol. The fraction of sp³-hybridized carbons (Fsp3) is 0.174. The molecule has 7 heteroatoms. The maximum Gasteiger partial charge on any atom is 0.374 e. The lowest BCUT2D eigenvalue weighted by Gasteiger charge is -2.09. The van der Waals surface area contributed by atoms with Crippen LogP contribution in [0.1, 0.15) is 38.1 Å². The summed E-state index contributed by atoms with van der Waals surface area (Å²) in [5, 5.41) is 4.09. The molecular formula is C23H21N3O4. The van der Waals surface area contributed by atoms with Gasteiger partial charge in [0.2, 0.25) is 11.5 Å². The van der Waals surface area contributed by atoms with E-state index >= 15 is 0 Å². The summed E-state index contributed by atoms with van der Waals surface area (Å²) in [6, 6.07) is 16.6. The van der Waals surface area contributed by atoms with Gasteiger partial charge in [0, 0.05) is 35.0 Å². The third kappa shape index (κ3) is 3.96. The van der Waals surface area contributed by atoms with Gasteiger partial charge in [-0.1, -0.05) is 18.2 Å². The Bertz CT molecular complexity index is 1170. The summed E-state index contributed by atoms with van der Waals surface area (Å²) >= 11 is 0. The van der Waals surface area contributed by atoms with E-state index in [4.69, 9.17) is 9.15 Å². The van der Waals surface area contributed by atoms with Crippen molar-refractivity contribution >= 4 is 11.8 Å². The molecule has 0 radical (unpaired) electrons. The molecule has 0 fully saturated rings. The van der Waals surface area contributed by atoms with Crippen LogP contribution in [-0.2, 0) is 11.3 Å². The number of ketones is 1. The number of benzene rings is 1. The smallest absolute Gasteiger partial charge is 0.374 e. The van der Waals surface area contributed by atoms with Crippen molar-refractivity contribution in [1.82, 2.24) is 14.3 Å². The predicted octanol–water partition coefficient (Wildman–Crippen LogP) is 3.97. The number of ether oxygens (including phenoxy) is 1. The molecule has 4 rings (SSSR count). The minimum atomic E-state index is -0.674. The van der Waals surface area contributed by atoms with Crippen molar-refractivity contribution in [2.24, 2.45) is 0 Å². The first-order valence-electron chi connectivity index (χ1n) is 9.54. The van der Waals surface area contributed by atoms with E-state index < -0.39 is 5.97 Å². The Kier molecular flexibility index (Phi) is 5.34. The molecule has 0 N–H and O–H groups in total. The number of aryl methyl sites for hydroxylation is 1. The Morgan fingerprint density at radius 1 is 1.07 bits per heavy atom. The van der Waals surface area contributed by atoms with Gasteiger partial charge in [0.15, 0.2) is 6.61 Å². The van der Waals surface area contributed by atoms with Gasteiger partial charge in [-0.25, -0.2) is 4.79 Å². The summed E-state index contributed by atoms with van der Waals surface area (Å²) < 4.78 is 14.4. The van der Waals surface area contributed by atoms with E-state index in [9.17, 15) is 9.59 Å². The summed E-state index contributed by atoms with van der Waals surface area (Å²) in [6.45, 7) is 3.87. The van der Waals surface area contributed by atoms with Gasteiger partial charge in [0.25, 0.3) is 0 Å². The van der Waals surface area contributed by atoms with Gasteiger partial charge in [-0.3, -0.25) is 9.48 Å². The summed E-state index contributed by atoms with van der Waals surface area (Å²) in [5.41, 5.74) is 3.24. The lowest BCUT2D eigenvalue weighted by Crippen LogP contribution is -2.14. The number of nitrogens with zero attached hydrogens (tertiary/aromatic N) is 3. The standard InChI is InChI=1S/C23H21N3O4/c1-16-13-20(17(2)26(16)18-7-4-3-5-8-18)21(27)15-29-23(28)22-10-9-19(30-22)14-25-12-6-11-24-25/h3-13H,14-15H2,1-2H3. The third-order valence-electron chi connectivity index (χ3n) is 4.82. The number of Topliss-reactive ketones (excluding diaryl/α,β-unsaturated/α-hetero) is 1. The van der Waals surface area contributed by atoms with Gasteiger partial charge in [-0.05, 0) is 50.2 Å². The van der Waals surface area contributed by atoms with Crippen LogP contribution < -0.4 is 0 Å². The van der Waals surface area contributed by atoms with Crippen molar-refractivity contribution in [3.8, 4) is 5.69 Å². The van der Waals surface area contributed by atoms with E-state index in [-0.39, 0.29) is 18.2 Å². The molecule has 0 bridgehead atoms. The number of rotatable bonds is 7. The van der Waals surface area contributed by atoms with Gasteiger partial charge < -0.3 is 13.7 Å². The summed E-state index contributed by atoms with van der Waals surface area (Å²) in [6.07, 6.45) is 3.46. The van der Waals surface area contributed by atoms with Gasteiger partial charge in [0.1, 0.15) is 5.76 Å². The highest BCUT2D eigenvalue weighted by atomic mass is 16.5. The number of para-hydroxylation sites is 1. The maximum absolute atomic E-state index is 12.7. The highest BCUT2D eigenvalue weighted by Crippen LogP contribution is 2.21. The van der Waals surface area contributed by atoms with Crippen LogP contribution in [0.2, 0.25) is 0 Å². The minimum absolute atomic E-state index is 0.0553. The lowest BCUT2D eigenvalue weighted by molar-refractivity contribution is 0.0442. The minimum Gasteiger partial charge on any atom is -0.452 e. The van der Waals surface area contributed by atoms with Crippen LogP contribution >= 0.6 is 0 Å². The monoisotopic (exact) mass is 403 g/mol. The largest absolute Gasteiger partial charge is 0.452 e. The molecule has 3 aromatic heterocycles. The van der Waals surface area contributed by atoms with Crippen molar-refractivity contribution in [2.75, 3.05) is 6.61 Å². The maximum atomic E-state index is 12.7. The summed E-state index contributed by atoms with van der Waals surface area (Å²) in [7, 11) is 0. The molecule has 30 heavy (non-hydrogen) atoms. The fourth-order valence-corrected chi connectivity index (χ4v) is 3.43. The molecule has 0 aliphatic heterocycles. The number of aromatic nitrogens is 3. The second-order valence-electron chi connectivity index (χ2n) is 6.92. The summed E-state index contributed by atoms with van der Waals surface area (Å²) in [5.74, 6) is -0.308. The average molecular weight is 403 g/mol. The zero-order chi connectivity index (χ0) is 21.1. The number of furan rings is 1. The van der Waals surface area contributed by atoms with Crippen LogP contribution in [0.4, 0.5) is 0 Å². The number of hydrogen-bond donors (Lipinski definition) is 0. The van der Waals surface area contributed by atoms with Crippen LogP contribution in [0.25, 0.3) is 5.69 Å². The predicted molar refractivity (Wildman–Crippen MR) is 110 cm³/mol. The van der Waals surface area contributed by atoms with Crippen molar-refractivity contribution in [3.63, 3.8) is 0 Å². The van der Waals surface area contributed by atoms with Gasteiger partial charge in [-0.2, -0.15) is 5.10 Å². The molecule has 0 atom stereocenters. The normalized spacial score (nSPS) is 10.9. The van der Waals surface area contributed by atoms with Crippen molar-refractivity contribution in [2.45, 2.75) is 20.4 Å². The molecule has 0 aliphatic rings. The molecule has 1 aromatic carbocycles. The number of esters is 1. The highest BCUT2D eigenvalue weighted by Gasteiger charge is 2.20. The SMILES string of the molecule is Cc1cc(C(=O)COC(=O)c2ccc(Cn3cccn3)o2)c(C)n1-c1ccccc1. The molecule has 0 amide bonds. The van der Waals surface area contributed by atoms with Crippen molar-refractivity contribution in [1.29, 1.82) is 0 Å². The van der Waals surface area contributed by atoms with Crippen LogP contribution in [0, 0.1) is 13.8 Å². The highest BCUT2D eigenvalue weighted by molar-refractivity contribution is 6.00. The van der Waals surface area contributed by atoms with E-state index in [2.05, 4.69) is 5.10 Å². The molecule has 0 saturated carbocycles. The Morgan fingerprint density at radius 3 is 2.60 bits per heavy atom. The van der Waals surface area contributed by atoms with E-state index in [0.717, 1.165) is 17.1 Å². The number of hydrogen-bond acceptors (Lipinski definition) is 5. The van der Waals surface area contributed by atoms with Gasteiger partial charge in [-0.15, -0.1) is 0 Å². The first-order chi connectivity index (χ1) is 14.5. The topological polar surface area (TPSA) is 79.3 Å². The van der Waals surface area contributed by atoms with Crippen molar-refractivity contribution < 1.29 is 18.7 Å². The molecule has 0 unspecified atom stereocenters. The van der Waals surface area contributed by atoms with E-state index in [0.29, 0.717) is 17.9 Å². The van der Waals surface area contributed by atoms with E-state index in [1.54, 1.807) is 29.2 Å².